The third kappa shape index (κ3) is 45.6. The molecule has 4 unspecified atom stereocenters. The maximum absolute atomic E-state index is 10.2. The van der Waals surface area contributed by atoms with Gasteiger partial charge in [-0.1, -0.05) is 107 Å². The minimum absolute atomic E-state index is 0. The van der Waals surface area contributed by atoms with E-state index in [2.05, 4.69) is 0 Å². The average molecular weight is 440 g/mol. The van der Waals surface area contributed by atoms with Gasteiger partial charge in [0.25, 0.3) is 0 Å². The minimum atomic E-state index is -0.398. The molecule has 0 aliphatic carbocycles. The molecular formula is C20H44O4Zr. The predicted octanol–water partition coefficient (Wildman–Crippen LogP) is 1.56. The second kappa shape index (κ2) is 22.8. The van der Waals surface area contributed by atoms with Gasteiger partial charge in [0.2, 0.25) is 0 Å². The molecule has 0 heterocycles. The molecule has 0 aliphatic heterocycles. The van der Waals surface area contributed by atoms with Crippen molar-refractivity contribution < 1.29 is 46.6 Å². The van der Waals surface area contributed by atoms with Crippen molar-refractivity contribution >= 4 is 0 Å². The van der Waals surface area contributed by atoms with Crippen LogP contribution < -0.4 is 20.4 Å². The van der Waals surface area contributed by atoms with E-state index in [0.717, 1.165) is 0 Å². The van der Waals surface area contributed by atoms with Crippen molar-refractivity contribution in [3.05, 3.63) is 0 Å². The molecule has 4 atom stereocenters. The first-order valence-electron chi connectivity index (χ1n) is 9.20. The van der Waals surface area contributed by atoms with E-state index in [9.17, 15) is 20.4 Å². The zero-order chi connectivity index (χ0) is 20.6. The van der Waals surface area contributed by atoms with Gasteiger partial charge in [-0.25, -0.2) is 0 Å². The van der Waals surface area contributed by atoms with Crippen LogP contribution in [0.15, 0.2) is 0 Å². The molecule has 0 N–H and O–H groups in total. The van der Waals surface area contributed by atoms with Gasteiger partial charge in [0, 0.05) is 0 Å². The molecule has 25 heavy (non-hydrogen) atoms. The van der Waals surface area contributed by atoms with Gasteiger partial charge >= 0.3 is 26.2 Å². The summed E-state index contributed by atoms with van der Waals surface area (Å²) in [6.07, 6.45) is -1.59. The minimum Gasteiger partial charge on any atom is -0.852 e. The van der Waals surface area contributed by atoms with E-state index >= 15 is 0 Å². The van der Waals surface area contributed by atoms with Gasteiger partial charge in [-0.3, -0.25) is 0 Å². The Kier molecular flexibility index (Phi) is 33.3. The maximum atomic E-state index is 10.2. The van der Waals surface area contributed by atoms with E-state index in [0.29, 0.717) is 23.7 Å². The summed E-state index contributed by atoms with van der Waals surface area (Å²) in [7, 11) is 0. The fourth-order valence-electron chi connectivity index (χ4n) is 0. The molecule has 0 radical (unpaired) electrons. The third-order valence-corrected chi connectivity index (χ3v) is 3.76. The van der Waals surface area contributed by atoms with Crippen molar-refractivity contribution in [2.75, 3.05) is 0 Å². The summed E-state index contributed by atoms with van der Waals surface area (Å²) in [6, 6.07) is 0. The first-order chi connectivity index (χ1) is 10.6. The van der Waals surface area contributed by atoms with Crippen LogP contribution in [0.1, 0.15) is 83.1 Å². The van der Waals surface area contributed by atoms with Crippen LogP contribution >= 0.6 is 0 Å². The zero-order valence-electron chi connectivity index (χ0n) is 18.8. The molecule has 0 spiro atoms. The third-order valence-electron chi connectivity index (χ3n) is 3.76. The molecular weight excluding hydrogens is 395 g/mol. The van der Waals surface area contributed by atoms with Crippen LogP contribution in [0.4, 0.5) is 0 Å². The van der Waals surface area contributed by atoms with E-state index in [-0.39, 0.29) is 26.2 Å². The van der Waals surface area contributed by atoms with E-state index in [1.165, 1.54) is 0 Å². The normalized spacial score (nSPS) is 14.9. The summed E-state index contributed by atoms with van der Waals surface area (Å²) in [5, 5.41) is 40.9. The molecule has 0 aromatic carbocycles. The monoisotopic (exact) mass is 438 g/mol. The van der Waals surface area contributed by atoms with E-state index < -0.39 is 24.4 Å². The largest absolute Gasteiger partial charge is 4.00 e. The van der Waals surface area contributed by atoms with E-state index in [1.807, 2.05) is 55.4 Å². The Labute approximate surface area is 177 Å². The summed E-state index contributed by atoms with van der Waals surface area (Å²) in [5.41, 5.74) is 0. The Bertz CT molecular complexity index is 154. The predicted molar refractivity (Wildman–Crippen MR) is 97.2 cm³/mol. The van der Waals surface area contributed by atoms with E-state index in [1.54, 1.807) is 27.7 Å². The second-order valence-corrected chi connectivity index (χ2v) is 7.80. The van der Waals surface area contributed by atoms with Gasteiger partial charge < -0.3 is 20.4 Å². The molecule has 0 aliphatic rings. The SMILES string of the molecule is CC(C)C(C)[O-].CC(C)C(C)[O-].CC(C)C(C)[O-].CC(C)C(C)[O-].[Zr+4]. The van der Waals surface area contributed by atoms with Crippen molar-refractivity contribution in [3.63, 3.8) is 0 Å². The van der Waals surface area contributed by atoms with Crippen LogP contribution in [-0.2, 0) is 26.2 Å². The number of hydrogen-bond acceptors (Lipinski definition) is 4. The second-order valence-electron chi connectivity index (χ2n) is 7.80. The van der Waals surface area contributed by atoms with Crippen LogP contribution in [-0.4, -0.2) is 24.4 Å². The summed E-state index contributed by atoms with van der Waals surface area (Å²) in [5.74, 6) is 1.19. The van der Waals surface area contributed by atoms with Gasteiger partial charge in [0.1, 0.15) is 0 Å². The quantitative estimate of drug-likeness (QED) is 0.664. The summed E-state index contributed by atoms with van der Waals surface area (Å²) in [4.78, 5) is 0. The Hall–Kier alpha value is 0.723. The zero-order valence-corrected chi connectivity index (χ0v) is 21.2. The topological polar surface area (TPSA) is 92.2 Å². The van der Waals surface area contributed by atoms with Crippen LogP contribution in [0.3, 0.4) is 0 Å². The number of rotatable bonds is 4. The molecule has 5 heteroatoms. The smallest absolute Gasteiger partial charge is 0.852 e. The van der Waals surface area contributed by atoms with Gasteiger partial charge in [-0.05, 0) is 0 Å². The van der Waals surface area contributed by atoms with Gasteiger partial charge in [0.05, 0.1) is 0 Å². The summed E-state index contributed by atoms with van der Waals surface area (Å²) in [6.45, 7) is 22.2. The van der Waals surface area contributed by atoms with Crippen molar-refractivity contribution in [1.82, 2.24) is 0 Å². The molecule has 0 aromatic rings. The molecule has 4 nitrogen and oxygen atoms in total. The number of hydrogen-bond donors (Lipinski definition) is 0. The van der Waals surface area contributed by atoms with Crippen LogP contribution in [0.25, 0.3) is 0 Å². The van der Waals surface area contributed by atoms with E-state index in [4.69, 9.17) is 0 Å². The first-order valence-corrected chi connectivity index (χ1v) is 9.20. The van der Waals surface area contributed by atoms with Crippen LogP contribution in [0.5, 0.6) is 0 Å². The fourth-order valence-corrected chi connectivity index (χ4v) is 0. The Morgan fingerprint density at radius 2 is 0.360 bits per heavy atom. The molecule has 0 fully saturated rings. The fraction of sp³-hybridized carbons (Fsp3) is 1.00. The first kappa shape index (κ1) is 36.6. The Balaban J connectivity index is -0.0000000702. The molecule has 0 saturated heterocycles. The molecule has 152 valence electrons. The maximum Gasteiger partial charge on any atom is 4.00 e. The van der Waals surface area contributed by atoms with Crippen LogP contribution in [0.2, 0.25) is 0 Å². The Morgan fingerprint density at radius 3 is 0.360 bits per heavy atom. The van der Waals surface area contributed by atoms with Crippen molar-refractivity contribution in [3.8, 4) is 0 Å². The molecule has 0 rings (SSSR count). The summed E-state index contributed by atoms with van der Waals surface area (Å²) < 4.78 is 0. The summed E-state index contributed by atoms with van der Waals surface area (Å²) >= 11 is 0. The average Bonchev–Trinajstić information content (AvgIpc) is 2.40. The standard InChI is InChI=1S/4C5H11O.Zr/c4*1-4(2)5(3)6;/h4*4-5H,1-3H3;/q4*-1;+4. The molecule has 0 bridgehead atoms. The Morgan fingerprint density at radius 1 is 0.320 bits per heavy atom. The van der Waals surface area contributed by atoms with Crippen molar-refractivity contribution in [2.45, 2.75) is 108 Å². The molecule has 0 amide bonds. The van der Waals surface area contributed by atoms with Gasteiger partial charge in [-0.2, -0.15) is 0 Å². The van der Waals surface area contributed by atoms with Gasteiger partial charge in [0.15, 0.2) is 0 Å². The van der Waals surface area contributed by atoms with Gasteiger partial charge in [-0.15, -0.1) is 24.4 Å². The molecule has 0 aromatic heterocycles. The molecule has 0 saturated carbocycles. The van der Waals surface area contributed by atoms with Crippen molar-refractivity contribution in [1.29, 1.82) is 0 Å². The van der Waals surface area contributed by atoms with Crippen molar-refractivity contribution in [2.24, 2.45) is 23.7 Å². The van der Waals surface area contributed by atoms with Crippen LogP contribution in [0, 0.1) is 23.7 Å².